The van der Waals surface area contributed by atoms with Crippen LogP contribution in [0.5, 0.6) is 0 Å². The normalized spacial score (nSPS) is 14.0. The molecule has 0 saturated carbocycles. The molecule has 0 aliphatic rings. The van der Waals surface area contributed by atoms with Gasteiger partial charge in [0.05, 0.1) is 39.9 Å². The predicted molar refractivity (Wildman–Crippen MR) is 266 cm³/mol. The van der Waals surface area contributed by atoms with Crippen molar-refractivity contribution in [3.05, 3.63) is 0 Å². The molecule has 1 amide bonds. The van der Waals surface area contributed by atoms with Gasteiger partial charge in [-0.15, -0.1) is 0 Å². The van der Waals surface area contributed by atoms with Crippen LogP contribution in [0.1, 0.15) is 284 Å². The minimum absolute atomic E-state index is 0.0165. The molecule has 0 aliphatic heterocycles. The summed E-state index contributed by atoms with van der Waals surface area (Å²) in [6.45, 7) is 4.77. The summed E-state index contributed by atoms with van der Waals surface area (Å²) in [5.74, 6) is -0.158. The van der Waals surface area contributed by atoms with Crippen molar-refractivity contribution in [2.75, 3.05) is 40.9 Å². The summed E-state index contributed by atoms with van der Waals surface area (Å²) >= 11 is 0. The number of aliphatic hydroxyl groups is 1. The Hall–Kier alpha value is -0.500. The molecular weight excluding hydrogens is 792 g/mol. The average Bonchev–Trinajstić information content (AvgIpc) is 3.23. The molecule has 3 unspecified atom stereocenters. The summed E-state index contributed by atoms with van der Waals surface area (Å²) in [6.07, 6.45) is 52.7. The number of unbranched alkanes of at least 4 members (excludes halogenated alkanes) is 38. The molecule has 0 radical (unpaired) electrons. The van der Waals surface area contributed by atoms with Gasteiger partial charge in [-0.2, -0.15) is 0 Å². The summed E-state index contributed by atoms with van der Waals surface area (Å²) in [6, 6.07) is -0.794. The molecule has 0 aromatic heterocycles. The van der Waals surface area contributed by atoms with Crippen molar-refractivity contribution in [1.29, 1.82) is 0 Å². The van der Waals surface area contributed by atoms with E-state index in [1.165, 1.54) is 218 Å². The van der Waals surface area contributed by atoms with Gasteiger partial charge in [0, 0.05) is 6.42 Å². The Labute approximate surface area is 387 Å². The fourth-order valence-electron chi connectivity index (χ4n) is 8.51. The molecule has 0 aromatic rings. The van der Waals surface area contributed by atoms with Gasteiger partial charge < -0.3 is 28.8 Å². The topological polar surface area (TPSA) is 108 Å². The first-order valence-electron chi connectivity index (χ1n) is 27.4. The van der Waals surface area contributed by atoms with E-state index in [1.54, 1.807) is 0 Å². The van der Waals surface area contributed by atoms with Gasteiger partial charge in [-0.05, 0) is 12.8 Å². The third-order valence-electron chi connectivity index (χ3n) is 12.8. The Morgan fingerprint density at radius 3 is 1.10 bits per heavy atom. The lowest BCUT2D eigenvalue weighted by atomic mass is 10.0. The van der Waals surface area contributed by atoms with Gasteiger partial charge in [-0.25, -0.2) is 0 Å². The lowest BCUT2D eigenvalue weighted by Gasteiger charge is -2.30. The standard InChI is InChI=1S/C53H109N2O6P/c1-6-8-10-12-14-16-18-20-22-23-24-25-26-27-28-29-30-31-33-34-36-38-40-42-44-46-52(56)51(50-61-62(58,59)60-49-48-55(3,4)5)54-53(57)47-45-43-41-39-37-35-32-21-19-17-15-13-11-9-7-2/h51-52,56H,6-50H2,1-5H3,(H-,54,57,58,59). The van der Waals surface area contributed by atoms with E-state index < -0.39 is 20.0 Å². The lowest BCUT2D eigenvalue weighted by Crippen LogP contribution is -2.46. The minimum atomic E-state index is -4.56. The maximum Gasteiger partial charge on any atom is 0.268 e. The monoisotopic (exact) mass is 901 g/mol. The zero-order chi connectivity index (χ0) is 45.7. The molecule has 0 aliphatic carbocycles. The maximum absolute atomic E-state index is 12.9. The van der Waals surface area contributed by atoms with Gasteiger partial charge in [0.25, 0.3) is 7.82 Å². The van der Waals surface area contributed by atoms with E-state index in [1.807, 2.05) is 21.1 Å². The van der Waals surface area contributed by atoms with Crippen molar-refractivity contribution in [3.63, 3.8) is 0 Å². The van der Waals surface area contributed by atoms with Gasteiger partial charge in [0.1, 0.15) is 13.2 Å². The molecule has 0 spiro atoms. The third-order valence-corrected chi connectivity index (χ3v) is 13.8. The van der Waals surface area contributed by atoms with Crippen molar-refractivity contribution in [2.45, 2.75) is 296 Å². The first-order chi connectivity index (χ1) is 30.0. The number of carbonyl (C=O) groups is 1. The Kier molecular flexibility index (Phi) is 45.3. The summed E-state index contributed by atoms with van der Waals surface area (Å²) in [4.78, 5) is 25.4. The van der Waals surface area contributed by atoms with Crippen LogP contribution in [-0.4, -0.2) is 68.5 Å². The number of quaternary nitrogens is 1. The number of amides is 1. The van der Waals surface area contributed by atoms with Crippen LogP contribution in [-0.2, 0) is 18.4 Å². The fourth-order valence-corrected chi connectivity index (χ4v) is 9.24. The molecule has 372 valence electrons. The summed E-state index contributed by atoms with van der Waals surface area (Å²) in [7, 11) is 1.32. The molecule has 3 atom stereocenters. The molecule has 8 nitrogen and oxygen atoms in total. The van der Waals surface area contributed by atoms with Crippen LogP contribution in [0.4, 0.5) is 0 Å². The van der Waals surface area contributed by atoms with E-state index in [0.29, 0.717) is 23.9 Å². The Balaban J connectivity index is 4.12. The molecule has 9 heteroatoms. The first-order valence-corrected chi connectivity index (χ1v) is 28.8. The average molecular weight is 901 g/mol. The Bertz CT molecular complexity index is 978. The SMILES string of the molecule is CCCCCCCCCCCCCCCCCCCCCCCCCCCC(O)C(COP(=O)([O-])OCC[N+](C)(C)C)NC(=O)CCCCCCCCCCCCCCCCC. The van der Waals surface area contributed by atoms with Crippen LogP contribution in [0.3, 0.4) is 0 Å². The molecule has 0 rings (SSSR count). The number of nitrogens with zero attached hydrogens (tertiary/aromatic N) is 1. The van der Waals surface area contributed by atoms with E-state index >= 15 is 0 Å². The number of phosphoric ester groups is 1. The number of rotatable bonds is 51. The highest BCUT2D eigenvalue weighted by atomic mass is 31.2. The zero-order valence-electron chi connectivity index (χ0n) is 42.4. The van der Waals surface area contributed by atoms with E-state index in [0.717, 1.165) is 38.5 Å². The van der Waals surface area contributed by atoms with Crippen LogP contribution in [0.2, 0.25) is 0 Å². The highest BCUT2D eigenvalue weighted by molar-refractivity contribution is 7.45. The number of likely N-dealkylation sites (N-methyl/N-ethyl adjacent to an activating group) is 1. The van der Waals surface area contributed by atoms with Crippen LogP contribution >= 0.6 is 7.82 Å². The highest BCUT2D eigenvalue weighted by Gasteiger charge is 2.24. The van der Waals surface area contributed by atoms with Gasteiger partial charge in [-0.3, -0.25) is 9.36 Å². The first kappa shape index (κ1) is 61.5. The van der Waals surface area contributed by atoms with E-state index in [2.05, 4.69) is 19.2 Å². The van der Waals surface area contributed by atoms with Gasteiger partial charge in [0.2, 0.25) is 5.91 Å². The number of carbonyl (C=O) groups excluding carboxylic acids is 1. The van der Waals surface area contributed by atoms with Crippen LogP contribution in [0.25, 0.3) is 0 Å². The Morgan fingerprint density at radius 2 is 0.790 bits per heavy atom. The number of phosphoric acid groups is 1. The molecule has 0 saturated heterocycles. The third kappa shape index (κ3) is 47.5. The summed E-state index contributed by atoms with van der Waals surface area (Å²) < 4.78 is 23.4. The number of hydrogen-bond acceptors (Lipinski definition) is 6. The maximum atomic E-state index is 12.9. The van der Waals surface area contributed by atoms with Crippen molar-refractivity contribution in [1.82, 2.24) is 5.32 Å². The summed E-state index contributed by atoms with van der Waals surface area (Å²) in [5, 5.41) is 14.0. The molecule has 0 bridgehead atoms. The smallest absolute Gasteiger partial charge is 0.268 e. The minimum Gasteiger partial charge on any atom is -0.756 e. The van der Waals surface area contributed by atoms with E-state index in [9.17, 15) is 19.4 Å². The van der Waals surface area contributed by atoms with Crippen LogP contribution in [0, 0.1) is 0 Å². The van der Waals surface area contributed by atoms with Gasteiger partial charge in [0.15, 0.2) is 0 Å². The second kappa shape index (κ2) is 45.6. The molecule has 0 heterocycles. The molecule has 0 fully saturated rings. The van der Waals surface area contributed by atoms with E-state index in [-0.39, 0.29) is 19.1 Å². The number of nitrogens with one attached hydrogen (secondary N) is 1. The van der Waals surface area contributed by atoms with Crippen LogP contribution < -0.4 is 10.2 Å². The second-order valence-electron chi connectivity index (χ2n) is 20.3. The van der Waals surface area contributed by atoms with E-state index in [4.69, 9.17) is 9.05 Å². The Morgan fingerprint density at radius 1 is 0.500 bits per heavy atom. The molecular formula is C53H109N2O6P. The predicted octanol–water partition coefficient (Wildman–Crippen LogP) is 15.5. The van der Waals surface area contributed by atoms with Gasteiger partial charge >= 0.3 is 0 Å². The second-order valence-corrected chi connectivity index (χ2v) is 21.7. The van der Waals surface area contributed by atoms with Crippen molar-refractivity contribution in [2.24, 2.45) is 0 Å². The number of aliphatic hydroxyl groups excluding tert-OH is 1. The molecule has 0 aromatic carbocycles. The van der Waals surface area contributed by atoms with Crippen molar-refractivity contribution < 1.29 is 32.9 Å². The molecule has 62 heavy (non-hydrogen) atoms. The largest absolute Gasteiger partial charge is 0.756 e. The van der Waals surface area contributed by atoms with Gasteiger partial charge in [-0.1, -0.05) is 264 Å². The number of hydrogen-bond donors (Lipinski definition) is 2. The molecule has 2 N–H and O–H groups in total. The van der Waals surface area contributed by atoms with Crippen molar-refractivity contribution >= 4 is 13.7 Å². The fraction of sp³-hybridized carbons (Fsp3) is 0.981. The quantitative estimate of drug-likeness (QED) is 0.0358. The lowest BCUT2D eigenvalue weighted by molar-refractivity contribution is -0.870. The van der Waals surface area contributed by atoms with Crippen molar-refractivity contribution in [3.8, 4) is 0 Å². The zero-order valence-corrected chi connectivity index (χ0v) is 43.3. The van der Waals surface area contributed by atoms with Crippen LogP contribution in [0.15, 0.2) is 0 Å². The summed E-state index contributed by atoms with van der Waals surface area (Å²) in [5.41, 5.74) is 0. The highest BCUT2D eigenvalue weighted by Crippen LogP contribution is 2.38.